The average Bonchev–Trinajstić information content (AvgIpc) is 2.17. The predicted molar refractivity (Wildman–Crippen MR) is 32.7 cm³/mol. The first-order valence-corrected chi connectivity index (χ1v) is 3.15. The highest BCUT2D eigenvalue weighted by molar-refractivity contribution is 5.37. The van der Waals surface area contributed by atoms with E-state index in [0.29, 0.717) is 12.4 Å². The van der Waals surface area contributed by atoms with Crippen molar-refractivity contribution < 1.29 is 9.53 Å². The van der Waals surface area contributed by atoms with E-state index in [1.54, 1.807) is 0 Å². The van der Waals surface area contributed by atoms with Crippen molar-refractivity contribution in [2.45, 2.75) is 19.6 Å². The maximum absolute atomic E-state index is 9.81. The van der Waals surface area contributed by atoms with Gasteiger partial charge in [-0.2, -0.15) is 0 Å². The highest BCUT2D eigenvalue weighted by Crippen LogP contribution is 2.12. The molecule has 0 aromatic rings. The van der Waals surface area contributed by atoms with Crippen LogP contribution in [0.2, 0.25) is 0 Å². The highest BCUT2D eigenvalue weighted by atomic mass is 16.5. The molecule has 0 saturated carbocycles. The topological polar surface area (TPSA) is 38.3 Å². The lowest BCUT2D eigenvalue weighted by Crippen LogP contribution is -2.23. The van der Waals surface area contributed by atoms with E-state index >= 15 is 0 Å². The van der Waals surface area contributed by atoms with Crippen molar-refractivity contribution in [3.05, 3.63) is 0 Å². The molecule has 1 aliphatic rings. The van der Waals surface area contributed by atoms with Gasteiger partial charge in [0.05, 0.1) is 0 Å². The Kier molecular flexibility index (Phi) is 2.05. The molecule has 1 aliphatic heterocycles. The van der Waals surface area contributed by atoms with Gasteiger partial charge in [-0.3, -0.25) is 10.1 Å². The Hall–Kier alpha value is -0.570. The van der Waals surface area contributed by atoms with Gasteiger partial charge in [-0.15, -0.1) is 0 Å². The quantitative estimate of drug-likeness (QED) is 0.538. The van der Waals surface area contributed by atoms with Gasteiger partial charge in [0, 0.05) is 13.0 Å². The van der Waals surface area contributed by atoms with Crippen LogP contribution in [0.4, 0.5) is 0 Å². The van der Waals surface area contributed by atoms with E-state index in [2.05, 4.69) is 17.0 Å². The maximum Gasteiger partial charge on any atom is 0.294 e. The third kappa shape index (κ3) is 1.68. The van der Waals surface area contributed by atoms with Gasteiger partial charge >= 0.3 is 0 Å². The largest absolute Gasteiger partial charge is 0.449 e. The summed E-state index contributed by atoms with van der Waals surface area (Å²) >= 11 is 0. The summed E-state index contributed by atoms with van der Waals surface area (Å²) < 4.78 is 4.68. The van der Waals surface area contributed by atoms with Gasteiger partial charge in [-0.1, -0.05) is 6.92 Å². The van der Waals surface area contributed by atoms with Gasteiger partial charge in [0.1, 0.15) is 0 Å². The van der Waals surface area contributed by atoms with E-state index in [1.165, 1.54) is 0 Å². The van der Waals surface area contributed by atoms with E-state index in [9.17, 15) is 4.79 Å². The first-order valence-electron chi connectivity index (χ1n) is 3.15. The molecule has 0 radical (unpaired) electrons. The number of nitrogens with one attached hydrogen (secondary N) is 1. The normalized spacial score (nSPS) is 34.3. The van der Waals surface area contributed by atoms with Crippen LogP contribution < -0.4 is 5.32 Å². The number of rotatable bonds is 2. The standard InChI is InChI=1S/C6H11NO2/c1-5-2-6(7-3-5)9-4-8/h4-7H,2-3H2,1H3. The fourth-order valence-corrected chi connectivity index (χ4v) is 1.04. The van der Waals surface area contributed by atoms with Crippen LogP contribution in [0.15, 0.2) is 0 Å². The maximum atomic E-state index is 9.81. The molecule has 2 atom stereocenters. The highest BCUT2D eigenvalue weighted by Gasteiger charge is 2.20. The third-order valence-corrected chi connectivity index (χ3v) is 1.53. The Labute approximate surface area is 54.4 Å². The molecule has 52 valence electrons. The van der Waals surface area contributed by atoms with Crippen LogP contribution in [-0.2, 0) is 9.53 Å². The summed E-state index contributed by atoms with van der Waals surface area (Å²) in [5.41, 5.74) is 0. The second kappa shape index (κ2) is 2.82. The zero-order valence-electron chi connectivity index (χ0n) is 5.46. The van der Waals surface area contributed by atoms with Crippen molar-refractivity contribution in [1.82, 2.24) is 5.32 Å². The lowest BCUT2D eigenvalue weighted by atomic mass is 10.1. The van der Waals surface area contributed by atoms with Crippen LogP contribution in [0.3, 0.4) is 0 Å². The monoisotopic (exact) mass is 129 g/mol. The van der Waals surface area contributed by atoms with Crippen molar-refractivity contribution in [2.75, 3.05) is 6.54 Å². The van der Waals surface area contributed by atoms with Gasteiger partial charge in [-0.05, 0) is 5.92 Å². The number of hydrogen-bond acceptors (Lipinski definition) is 3. The minimum Gasteiger partial charge on any atom is -0.449 e. The minimum atomic E-state index is -0.0301. The van der Waals surface area contributed by atoms with Crippen molar-refractivity contribution >= 4 is 6.47 Å². The molecule has 0 spiro atoms. The van der Waals surface area contributed by atoms with Crippen LogP contribution >= 0.6 is 0 Å². The summed E-state index contributed by atoms with van der Waals surface area (Å²) in [6.07, 6.45) is 0.913. The van der Waals surface area contributed by atoms with Gasteiger partial charge in [0.15, 0.2) is 6.23 Å². The SMILES string of the molecule is CC1CNC(OC=O)C1. The predicted octanol–water partition coefficient (Wildman–Crippen LogP) is 0.115. The number of ether oxygens (including phenoxy) is 1. The Morgan fingerprint density at radius 2 is 2.56 bits per heavy atom. The Morgan fingerprint density at radius 3 is 3.00 bits per heavy atom. The number of carbonyl (C=O) groups is 1. The van der Waals surface area contributed by atoms with E-state index in [1.807, 2.05) is 0 Å². The van der Waals surface area contributed by atoms with E-state index in [4.69, 9.17) is 0 Å². The zero-order chi connectivity index (χ0) is 6.69. The average molecular weight is 129 g/mol. The zero-order valence-corrected chi connectivity index (χ0v) is 5.46. The van der Waals surface area contributed by atoms with Crippen LogP contribution in [0.1, 0.15) is 13.3 Å². The second-order valence-corrected chi connectivity index (χ2v) is 2.47. The van der Waals surface area contributed by atoms with Crippen LogP contribution in [0.25, 0.3) is 0 Å². The first-order chi connectivity index (χ1) is 4.33. The molecule has 1 fully saturated rings. The molecule has 1 heterocycles. The Morgan fingerprint density at radius 1 is 1.78 bits per heavy atom. The summed E-state index contributed by atoms with van der Waals surface area (Å²) in [5, 5.41) is 3.05. The second-order valence-electron chi connectivity index (χ2n) is 2.47. The van der Waals surface area contributed by atoms with Crippen LogP contribution in [0.5, 0.6) is 0 Å². The van der Waals surface area contributed by atoms with Crippen molar-refractivity contribution in [3.63, 3.8) is 0 Å². The van der Waals surface area contributed by atoms with E-state index in [0.717, 1.165) is 13.0 Å². The van der Waals surface area contributed by atoms with Gasteiger partial charge in [0.25, 0.3) is 6.47 Å². The lowest BCUT2D eigenvalue weighted by Gasteiger charge is -2.05. The number of carbonyl (C=O) groups excluding carboxylic acids is 1. The third-order valence-electron chi connectivity index (χ3n) is 1.53. The Balaban J connectivity index is 2.21. The van der Waals surface area contributed by atoms with Crippen molar-refractivity contribution in [2.24, 2.45) is 5.92 Å². The summed E-state index contributed by atoms with van der Waals surface area (Å²) in [6, 6.07) is 0. The molecule has 0 aromatic carbocycles. The van der Waals surface area contributed by atoms with Gasteiger partial charge in [0.2, 0.25) is 0 Å². The summed E-state index contributed by atoms with van der Waals surface area (Å²) in [4.78, 5) is 9.81. The molecule has 3 nitrogen and oxygen atoms in total. The first kappa shape index (κ1) is 6.55. The molecule has 0 aromatic heterocycles. The van der Waals surface area contributed by atoms with E-state index in [-0.39, 0.29) is 6.23 Å². The van der Waals surface area contributed by atoms with Crippen LogP contribution in [-0.4, -0.2) is 19.2 Å². The molecule has 2 unspecified atom stereocenters. The fraction of sp³-hybridized carbons (Fsp3) is 0.833. The molecule has 0 bridgehead atoms. The molecular formula is C6H11NO2. The minimum absolute atomic E-state index is 0.0301. The smallest absolute Gasteiger partial charge is 0.294 e. The van der Waals surface area contributed by atoms with E-state index < -0.39 is 0 Å². The molecule has 9 heavy (non-hydrogen) atoms. The molecule has 0 amide bonds. The number of hydrogen-bond donors (Lipinski definition) is 1. The van der Waals surface area contributed by atoms with Crippen LogP contribution in [0, 0.1) is 5.92 Å². The fourth-order valence-electron chi connectivity index (χ4n) is 1.04. The summed E-state index contributed by atoms with van der Waals surface area (Å²) in [7, 11) is 0. The molecule has 1 saturated heterocycles. The molecular weight excluding hydrogens is 118 g/mol. The van der Waals surface area contributed by atoms with Crippen molar-refractivity contribution in [1.29, 1.82) is 0 Å². The molecule has 1 N–H and O–H groups in total. The lowest BCUT2D eigenvalue weighted by molar-refractivity contribution is -0.134. The molecule has 1 rings (SSSR count). The molecule has 3 heteroatoms. The van der Waals surface area contributed by atoms with Gasteiger partial charge < -0.3 is 4.74 Å². The molecule has 0 aliphatic carbocycles. The van der Waals surface area contributed by atoms with Gasteiger partial charge in [-0.25, -0.2) is 0 Å². The Bertz CT molecular complexity index is 105. The summed E-state index contributed by atoms with van der Waals surface area (Å²) in [6.45, 7) is 3.58. The summed E-state index contributed by atoms with van der Waals surface area (Å²) in [5.74, 6) is 0.634. The van der Waals surface area contributed by atoms with Crippen molar-refractivity contribution in [3.8, 4) is 0 Å².